The molecule has 2 aromatic heterocycles. The van der Waals surface area contributed by atoms with Crippen molar-refractivity contribution in [1.29, 1.82) is 0 Å². The molecule has 10 nitrogen and oxygen atoms in total. The average molecular weight is 538 g/mol. The maximum Gasteiger partial charge on any atom is 0.431 e. The molecule has 37 heavy (non-hydrogen) atoms. The molecule has 1 saturated heterocycles. The van der Waals surface area contributed by atoms with Gasteiger partial charge in [0.2, 0.25) is 5.91 Å². The lowest BCUT2D eigenvalue weighted by Gasteiger charge is -2.21. The SMILES string of the molecule is CCN1C(=O)C(CC(=O)Nc2ccc(-c3nc4ccc(C)cc4s3)cc2)N(Cc2c(=O)o[nH][n+]2C)C1=S. The molecule has 12 heteroatoms. The zero-order valence-corrected chi connectivity index (χ0v) is 22.1. The predicted octanol–water partition coefficient (Wildman–Crippen LogP) is 2.72. The zero-order chi connectivity index (χ0) is 26.3. The van der Waals surface area contributed by atoms with Crippen LogP contribution in [0.5, 0.6) is 0 Å². The molecule has 4 aromatic rings. The van der Waals surface area contributed by atoms with E-state index in [1.54, 1.807) is 23.3 Å². The highest BCUT2D eigenvalue weighted by atomic mass is 32.1. The molecule has 0 radical (unpaired) electrons. The number of thiazole rings is 1. The zero-order valence-electron chi connectivity index (χ0n) is 20.5. The summed E-state index contributed by atoms with van der Waals surface area (Å²) in [7, 11) is 1.62. The fraction of sp³-hybridized carbons (Fsp3) is 0.280. The van der Waals surface area contributed by atoms with E-state index >= 15 is 0 Å². The number of anilines is 1. The smallest absolute Gasteiger partial charge is 0.326 e. The molecule has 1 unspecified atom stereocenters. The van der Waals surface area contributed by atoms with Crippen molar-refractivity contribution in [2.24, 2.45) is 7.05 Å². The highest BCUT2D eigenvalue weighted by Crippen LogP contribution is 2.31. The topological polar surface area (TPSA) is 115 Å². The van der Waals surface area contributed by atoms with Crippen molar-refractivity contribution in [2.45, 2.75) is 32.9 Å². The van der Waals surface area contributed by atoms with Gasteiger partial charge in [0.1, 0.15) is 17.6 Å². The number of thiocarbonyl (C=S) groups is 1. The molecule has 0 spiro atoms. The highest BCUT2D eigenvalue weighted by molar-refractivity contribution is 7.80. The summed E-state index contributed by atoms with van der Waals surface area (Å²) in [6.07, 6.45) is -0.117. The molecule has 1 aliphatic heterocycles. The largest absolute Gasteiger partial charge is 0.431 e. The third-order valence-corrected chi connectivity index (χ3v) is 7.82. The number of hydrogen-bond donors (Lipinski definition) is 2. The molecule has 5 rings (SSSR count). The molecule has 0 bridgehead atoms. The molecule has 1 fully saturated rings. The highest BCUT2D eigenvalue weighted by Gasteiger charge is 2.44. The Morgan fingerprint density at radius 3 is 2.68 bits per heavy atom. The summed E-state index contributed by atoms with van der Waals surface area (Å²) in [6.45, 7) is 4.27. The van der Waals surface area contributed by atoms with Crippen LogP contribution in [0.1, 0.15) is 24.6 Å². The van der Waals surface area contributed by atoms with Crippen molar-refractivity contribution in [1.82, 2.24) is 20.1 Å². The maximum absolute atomic E-state index is 13.0. The first-order valence-corrected chi connectivity index (χ1v) is 12.9. The van der Waals surface area contributed by atoms with E-state index in [4.69, 9.17) is 21.7 Å². The third kappa shape index (κ3) is 4.77. The van der Waals surface area contributed by atoms with Crippen LogP contribution in [-0.2, 0) is 23.2 Å². The van der Waals surface area contributed by atoms with E-state index in [0.717, 1.165) is 20.8 Å². The van der Waals surface area contributed by atoms with Crippen LogP contribution in [0.3, 0.4) is 0 Å². The Morgan fingerprint density at radius 2 is 2.00 bits per heavy atom. The summed E-state index contributed by atoms with van der Waals surface area (Å²) >= 11 is 7.11. The van der Waals surface area contributed by atoms with Gasteiger partial charge in [-0.3, -0.25) is 19.0 Å². The minimum atomic E-state index is -0.827. The minimum Gasteiger partial charge on any atom is -0.326 e. The molecule has 3 heterocycles. The van der Waals surface area contributed by atoms with Crippen molar-refractivity contribution < 1.29 is 18.8 Å². The number of nitrogens with zero attached hydrogens (tertiary/aromatic N) is 4. The van der Waals surface area contributed by atoms with Gasteiger partial charge in [-0.05, 0) is 73.3 Å². The van der Waals surface area contributed by atoms with Crippen LogP contribution >= 0.6 is 23.6 Å². The van der Waals surface area contributed by atoms with Gasteiger partial charge >= 0.3 is 11.3 Å². The van der Waals surface area contributed by atoms with Crippen LogP contribution in [0, 0.1) is 6.92 Å². The number of nitrogens with one attached hydrogen (secondary N) is 2. The van der Waals surface area contributed by atoms with Crippen LogP contribution in [0.25, 0.3) is 20.8 Å². The van der Waals surface area contributed by atoms with E-state index in [1.165, 1.54) is 15.1 Å². The molecule has 1 aliphatic rings. The first-order chi connectivity index (χ1) is 17.7. The van der Waals surface area contributed by atoms with Crippen LogP contribution in [0.15, 0.2) is 51.8 Å². The lowest BCUT2D eigenvalue weighted by atomic mass is 10.1. The quantitative estimate of drug-likeness (QED) is 0.275. The summed E-state index contributed by atoms with van der Waals surface area (Å²) in [5, 5.41) is 6.50. The Morgan fingerprint density at radius 1 is 1.24 bits per heavy atom. The number of amides is 2. The second-order valence-electron chi connectivity index (χ2n) is 8.82. The third-order valence-electron chi connectivity index (χ3n) is 6.29. The van der Waals surface area contributed by atoms with Crippen molar-refractivity contribution in [3.8, 4) is 10.6 Å². The van der Waals surface area contributed by atoms with Gasteiger partial charge in [0.05, 0.1) is 16.6 Å². The molecule has 2 aromatic carbocycles. The number of aromatic nitrogens is 3. The van der Waals surface area contributed by atoms with E-state index in [0.29, 0.717) is 17.9 Å². The van der Waals surface area contributed by atoms with Gasteiger partial charge in [0.15, 0.2) is 12.2 Å². The van der Waals surface area contributed by atoms with E-state index in [2.05, 4.69) is 23.6 Å². The molecule has 1 atom stereocenters. The fourth-order valence-electron chi connectivity index (χ4n) is 4.29. The van der Waals surface area contributed by atoms with Gasteiger partial charge in [-0.2, -0.15) is 0 Å². The maximum atomic E-state index is 13.0. The number of aryl methyl sites for hydroxylation is 2. The number of H-pyrrole nitrogens is 1. The molecular formula is C25H25N6O4S2+. The van der Waals surface area contributed by atoms with Gasteiger partial charge in [0.25, 0.3) is 5.91 Å². The van der Waals surface area contributed by atoms with Gasteiger partial charge in [0, 0.05) is 17.8 Å². The average Bonchev–Trinajstić information content (AvgIpc) is 3.50. The lowest BCUT2D eigenvalue weighted by molar-refractivity contribution is -0.746. The second-order valence-corrected chi connectivity index (χ2v) is 10.2. The molecule has 190 valence electrons. The van der Waals surface area contributed by atoms with Crippen molar-refractivity contribution >= 4 is 56.4 Å². The molecule has 0 saturated carbocycles. The summed E-state index contributed by atoms with van der Waals surface area (Å²) < 4.78 is 7.36. The van der Waals surface area contributed by atoms with Gasteiger partial charge in [-0.25, -0.2) is 9.78 Å². The number of benzene rings is 2. The number of likely N-dealkylation sites (N-methyl/N-ethyl adjacent to an activating group) is 1. The number of carbonyl (C=O) groups is 2. The van der Waals surface area contributed by atoms with Crippen LogP contribution < -0.4 is 15.6 Å². The number of carbonyl (C=O) groups excluding carboxylic acids is 2. The normalized spacial score (nSPS) is 15.7. The predicted molar refractivity (Wildman–Crippen MR) is 143 cm³/mol. The Hall–Kier alpha value is -3.90. The monoisotopic (exact) mass is 537 g/mol. The first-order valence-electron chi connectivity index (χ1n) is 11.7. The minimum absolute atomic E-state index is 0.0394. The molecule has 2 N–H and O–H groups in total. The lowest BCUT2D eigenvalue weighted by Crippen LogP contribution is -2.44. The summed E-state index contributed by atoms with van der Waals surface area (Å²) in [4.78, 5) is 45.8. The van der Waals surface area contributed by atoms with E-state index < -0.39 is 11.7 Å². The number of rotatable bonds is 7. The summed E-state index contributed by atoms with van der Waals surface area (Å²) in [5.41, 5.74) is 3.44. The number of hydrogen-bond acceptors (Lipinski definition) is 7. The Balaban J connectivity index is 1.30. The van der Waals surface area contributed by atoms with Crippen molar-refractivity contribution in [2.75, 3.05) is 11.9 Å². The number of fused-ring (bicyclic) bond motifs is 1. The van der Waals surface area contributed by atoms with Gasteiger partial charge in [-0.15, -0.1) is 11.3 Å². The standard InChI is InChI=1S/C25H24N6O4S2/c1-4-30-23(33)18(31(25(30)36)13-19-24(34)35-28-29(19)3)12-21(32)26-16-8-6-15(7-9-16)22-27-17-10-5-14(2)11-20(17)37-22/h5-11,18H,4,12-13H2,1-3H3,(H-,26,27,28,32,34)/p+1. The van der Waals surface area contributed by atoms with Crippen LogP contribution in [-0.4, -0.2) is 49.6 Å². The Bertz CT molecular complexity index is 1570. The summed E-state index contributed by atoms with van der Waals surface area (Å²) in [5.74, 6) is -0.607. The van der Waals surface area contributed by atoms with E-state index in [1.807, 2.05) is 43.3 Å². The molecule has 2 amide bonds. The molecular weight excluding hydrogens is 512 g/mol. The second kappa shape index (κ2) is 9.87. The van der Waals surface area contributed by atoms with Gasteiger partial charge < -0.3 is 10.2 Å². The Labute approximate surface area is 221 Å². The van der Waals surface area contributed by atoms with Crippen LogP contribution in [0.2, 0.25) is 0 Å². The van der Waals surface area contributed by atoms with E-state index in [9.17, 15) is 14.4 Å². The van der Waals surface area contributed by atoms with E-state index in [-0.39, 0.29) is 29.9 Å². The molecule has 0 aliphatic carbocycles. The number of aromatic amines is 1. The Kier molecular flexibility index (Phi) is 6.61. The van der Waals surface area contributed by atoms with Crippen LogP contribution in [0.4, 0.5) is 5.69 Å². The van der Waals surface area contributed by atoms with Crippen molar-refractivity contribution in [3.05, 3.63) is 64.1 Å². The fourth-order valence-corrected chi connectivity index (χ4v) is 5.77. The van der Waals surface area contributed by atoms with Gasteiger partial charge in [-0.1, -0.05) is 10.7 Å². The van der Waals surface area contributed by atoms with Crippen molar-refractivity contribution in [3.63, 3.8) is 0 Å². The summed E-state index contributed by atoms with van der Waals surface area (Å²) in [6, 6.07) is 12.8. The first kappa shape index (κ1) is 24.8.